The fourth-order valence-electron chi connectivity index (χ4n) is 3.79. The van der Waals surface area contributed by atoms with Gasteiger partial charge in [-0.1, -0.05) is 36.4 Å². The summed E-state index contributed by atoms with van der Waals surface area (Å²) < 4.78 is 7.05. The number of rotatable bonds is 4. The highest BCUT2D eigenvalue weighted by molar-refractivity contribution is 6.03. The van der Waals surface area contributed by atoms with Gasteiger partial charge in [0.15, 0.2) is 0 Å². The van der Waals surface area contributed by atoms with Crippen molar-refractivity contribution in [3.8, 4) is 17.1 Å². The van der Waals surface area contributed by atoms with Crippen molar-refractivity contribution in [1.29, 1.82) is 0 Å². The molecule has 7 nitrogen and oxygen atoms in total. The largest absolute Gasteiger partial charge is 0.497 e. The first-order valence-electron chi connectivity index (χ1n) is 9.85. The summed E-state index contributed by atoms with van der Waals surface area (Å²) in [6.45, 7) is 2.63. The van der Waals surface area contributed by atoms with Crippen LogP contribution in [0.2, 0.25) is 0 Å². The van der Waals surface area contributed by atoms with E-state index in [1.54, 1.807) is 34.6 Å². The van der Waals surface area contributed by atoms with Crippen LogP contribution in [0.15, 0.2) is 60.8 Å². The van der Waals surface area contributed by atoms with Crippen molar-refractivity contribution < 1.29 is 14.3 Å². The maximum Gasteiger partial charge on any atom is 0.272 e. The van der Waals surface area contributed by atoms with Crippen molar-refractivity contribution in [2.45, 2.75) is 13.0 Å². The topological polar surface area (TPSA) is 67.7 Å². The minimum Gasteiger partial charge on any atom is -0.497 e. The summed E-state index contributed by atoms with van der Waals surface area (Å²) in [5.74, 6) is 1.09. The van der Waals surface area contributed by atoms with Crippen LogP contribution in [-0.2, 0) is 11.8 Å². The maximum atomic E-state index is 13.2. The van der Waals surface area contributed by atoms with Crippen LogP contribution in [0.3, 0.4) is 0 Å². The molecule has 4 rings (SSSR count). The fraction of sp³-hybridized carbons (Fsp3) is 0.261. The van der Waals surface area contributed by atoms with E-state index in [1.807, 2.05) is 61.6 Å². The molecule has 1 unspecified atom stereocenters. The molecule has 1 atom stereocenters. The molecule has 0 N–H and O–H groups in total. The Bertz CT molecular complexity index is 1080. The molecule has 2 amide bonds. The van der Waals surface area contributed by atoms with Gasteiger partial charge in [-0.3, -0.25) is 9.59 Å². The van der Waals surface area contributed by atoms with E-state index in [4.69, 9.17) is 4.74 Å². The zero-order valence-electron chi connectivity index (χ0n) is 17.3. The van der Waals surface area contributed by atoms with Crippen LogP contribution in [0.5, 0.6) is 5.75 Å². The van der Waals surface area contributed by atoms with Crippen molar-refractivity contribution in [3.05, 3.63) is 66.5 Å². The first-order valence-corrected chi connectivity index (χ1v) is 9.85. The summed E-state index contributed by atoms with van der Waals surface area (Å²) >= 11 is 0. The van der Waals surface area contributed by atoms with Gasteiger partial charge in [0.2, 0.25) is 5.91 Å². The molecule has 0 spiro atoms. The van der Waals surface area contributed by atoms with E-state index in [9.17, 15) is 9.59 Å². The Balaban J connectivity index is 1.55. The number of benzene rings is 2. The third-order valence-electron chi connectivity index (χ3n) is 5.52. The predicted octanol–water partition coefficient (Wildman–Crippen LogP) is 2.97. The second-order valence-corrected chi connectivity index (χ2v) is 7.26. The van der Waals surface area contributed by atoms with Gasteiger partial charge in [-0.05, 0) is 19.1 Å². The molecular weight excluding hydrogens is 380 g/mol. The van der Waals surface area contributed by atoms with Gasteiger partial charge in [-0.2, -0.15) is 0 Å². The summed E-state index contributed by atoms with van der Waals surface area (Å²) in [7, 11) is 3.42. The minimum absolute atomic E-state index is 0.117. The maximum absolute atomic E-state index is 13.2. The third-order valence-corrected chi connectivity index (χ3v) is 5.52. The van der Waals surface area contributed by atoms with Crippen LogP contribution in [0.25, 0.3) is 11.4 Å². The Labute approximate surface area is 175 Å². The number of aromatic nitrogens is 2. The minimum atomic E-state index is -0.576. The smallest absolute Gasteiger partial charge is 0.272 e. The molecule has 2 aromatic carbocycles. The molecule has 1 aliphatic rings. The van der Waals surface area contributed by atoms with Crippen LogP contribution in [0.1, 0.15) is 17.4 Å². The molecule has 1 saturated heterocycles. The molecule has 1 aliphatic heterocycles. The van der Waals surface area contributed by atoms with Gasteiger partial charge in [0.05, 0.1) is 13.3 Å². The molecule has 30 heavy (non-hydrogen) atoms. The van der Waals surface area contributed by atoms with Crippen LogP contribution in [0, 0.1) is 0 Å². The Morgan fingerprint density at radius 3 is 2.60 bits per heavy atom. The average molecular weight is 404 g/mol. The molecule has 2 heterocycles. The van der Waals surface area contributed by atoms with Crippen molar-refractivity contribution in [1.82, 2.24) is 14.5 Å². The quantitative estimate of drug-likeness (QED) is 0.671. The van der Waals surface area contributed by atoms with Gasteiger partial charge in [0, 0.05) is 37.5 Å². The number of hydrogen-bond donors (Lipinski definition) is 0. The Morgan fingerprint density at radius 2 is 1.87 bits per heavy atom. The molecule has 0 aliphatic carbocycles. The number of piperazine rings is 1. The van der Waals surface area contributed by atoms with Gasteiger partial charge in [0.25, 0.3) is 5.91 Å². The van der Waals surface area contributed by atoms with Crippen LogP contribution < -0.4 is 9.64 Å². The first-order chi connectivity index (χ1) is 14.5. The lowest BCUT2D eigenvalue weighted by Crippen LogP contribution is -2.58. The monoisotopic (exact) mass is 404 g/mol. The highest BCUT2D eigenvalue weighted by atomic mass is 16.5. The lowest BCUT2D eigenvalue weighted by atomic mass is 10.1. The normalized spacial score (nSPS) is 16.6. The number of nitrogens with zero attached hydrogens (tertiary/aromatic N) is 4. The Morgan fingerprint density at radius 1 is 1.10 bits per heavy atom. The second kappa shape index (κ2) is 8.02. The number of hydrogen-bond acceptors (Lipinski definition) is 4. The summed E-state index contributed by atoms with van der Waals surface area (Å²) in [4.78, 5) is 34.0. The van der Waals surface area contributed by atoms with Gasteiger partial charge in [-0.15, -0.1) is 0 Å². The first kappa shape index (κ1) is 19.7. The van der Waals surface area contributed by atoms with E-state index in [0.29, 0.717) is 30.4 Å². The van der Waals surface area contributed by atoms with Crippen molar-refractivity contribution in [2.24, 2.45) is 7.05 Å². The molecule has 3 aromatic rings. The third kappa shape index (κ3) is 3.43. The number of methoxy groups -OCH3 is 1. The highest BCUT2D eigenvalue weighted by Gasteiger charge is 2.36. The number of anilines is 1. The predicted molar refractivity (Wildman–Crippen MR) is 114 cm³/mol. The summed E-state index contributed by atoms with van der Waals surface area (Å²) in [6, 6.07) is 16.5. The Hall–Kier alpha value is -3.61. The second-order valence-electron chi connectivity index (χ2n) is 7.26. The summed E-state index contributed by atoms with van der Waals surface area (Å²) in [5, 5.41) is 0. The van der Waals surface area contributed by atoms with Crippen molar-refractivity contribution in [2.75, 3.05) is 25.1 Å². The molecule has 0 bridgehead atoms. The number of carbonyl (C=O) groups is 2. The van der Waals surface area contributed by atoms with Gasteiger partial charge >= 0.3 is 0 Å². The summed E-state index contributed by atoms with van der Waals surface area (Å²) in [6.07, 6.45) is 1.58. The fourth-order valence-corrected chi connectivity index (χ4v) is 3.79. The number of ether oxygens (including phenoxy) is 1. The van der Waals surface area contributed by atoms with E-state index in [-0.39, 0.29) is 11.8 Å². The average Bonchev–Trinajstić information content (AvgIpc) is 3.17. The Kier molecular flexibility index (Phi) is 5.27. The molecule has 0 radical (unpaired) electrons. The molecular formula is C23H24N4O3. The van der Waals surface area contributed by atoms with Crippen LogP contribution >= 0.6 is 0 Å². The lowest BCUT2D eigenvalue weighted by Gasteiger charge is -2.39. The zero-order chi connectivity index (χ0) is 21.3. The summed E-state index contributed by atoms with van der Waals surface area (Å²) in [5.41, 5.74) is 2.17. The molecule has 154 valence electrons. The SMILES string of the molecule is COc1cccc(N2CCN(C(=O)c3cnc(-c4ccccc4)n3C)C(C)C2=O)c1. The van der Waals surface area contributed by atoms with E-state index in [0.717, 1.165) is 11.3 Å². The van der Waals surface area contributed by atoms with Gasteiger partial charge < -0.3 is 19.1 Å². The molecule has 1 aromatic heterocycles. The van der Waals surface area contributed by atoms with E-state index in [2.05, 4.69) is 4.98 Å². The lowest BCUT2D eigenvalue weighted by molar-refractivity contribution is -0.124. The van der Waals surface area contributed by atoms with E-state index in [1.165, 1.54) is 0 Å². The highest BCUT2D eigenvalue weighted by Crippen LogP contribution is 2.26. The van der Waals surface area contributed by atoms with E-state index < -0.39 is 6.04 Å². The standard InChI is InChI=1S/C23H24N4O3/c1-16-22(28)27(18-10-7-11-19(14-18)30-3)13-12-26(16)23(29)20-15-24-21(25(20)2)17-8-5-4-6-9-17/h4-11,14-16H,12-13H2,1-3H3. The number of amides is 2. The number of imidazole rings is 1. The molecule has 0 saturated carbocycles. The van der Waals surface area contributed by atoms with Crippen molar-refractivity contribution in [3.63, 3.8) is 0 Å². The van der Waals surface area contributed by atoms with Crippen molar-refractivity contribution >= 4 is 17.5 Å². The molecule has 1 fully saturated rings. The van der Waals surface area contributed by atoms with Gasteiger partial charge in [-0.25, -0.2) is 4.98 Å². The number of carbonyl (C=O) groups excluding carboxylic acids is 2. The van der Waals surface area contributed by atoms with Gasteiger partial charge in [0.1, 0.15) is 23.3 Å². The van der Waals surface area contributed by atoms with E-state index >= 15 is 0 Å². The van der Waals surface area contributed by atoms with Crippen LogP contribution in [0.4, 0.5) is 5.69 Å². The molecule has 7 heteroatoms. The van der Waals surface area contributed by atoms with Crippen LogP contribution in [-0.4, -0.2) is 52.5 Å². The zero-order valence-corrected chi connectivity index (χ0v) is 17.3.